The van der Waals surface area contributed by atoms with E-state index in [2.05, 4.69) is 207 Å². The summed E-state index contributed by atoms with van der Waals surface area (Å²) in [6, 6.07) is 63.3. The summed E-state index contributed by atoms with van der Waals surface area (Å²) in [5.41, 5.74) is 21.9. The van der Waals surface area contributed by atoms with Crippen LogP contribution in [0.15, 0.2) is 174 Å². The van der Waals surface area contributed by atoms with Crippen LogP contribution in [-0.2, 0) is 17.3 Å². The molecule has 0 atom stereocenters. The molecule has 0 saturated carbocycles. The second-order valence-corrected chi connectivity index (χ2v) is 18.0. The molecule has 0 bridgehead atoms. The molecule has 0 fully saturated rings. The van der Waals surface area contributed by atoms with Crippen molar-refractivity contribution < 1.29 is 4.42 Å². The minimum absolute atomic E-state index is 0.149. The maximum absolute atomic E-state index is 6.61. The molecule has 60 heavy (non-hydrogen) atoms. The van der Waals surface area contributed by atoms with Crippen LogP contribution in [0.3, 0.4) is 0 Å². The Hall–Kier alpha value is -6.84. The van der Waals surface area contributed by atoms with Crippen LogP contribution < -0.4 is 9.80 Å². The standard InChI is InChI=1S/C57H46N2O/c1-56(2)48-21-11-8-18-41(48)43-27-25-39(32-50(43)56)59(40-26-28-45-44-20-10-13-23-54(44)60-55(45)33-40)53-35-51-47(42-19-9-12-22-49(42)57(51,3)4)34-46(53)36-24-29-52-37(31-36)15-14-30-58(52)38-16-6-5-7-17-38/h5-13,16-29,31-35H,14-15,30H2,1-4H3. The number of hydrogen-bond donors (Lipinski definition) is 0. The molecule has 8 aromatic carbocycles. The molecule has 0 N–H and O–H groups in total. The Morgan fingerprint density at radius 3 is 1.92 bits per heavy atom. The number of hydrogen-bond acceptors (Lipinski definition) is 3. The summed E-state index contributed by atoms with van der Waals surface area (Å²) in [5, 5.41) is 2.27. The topological polar surface area (TPSA) is 19.6 Å². The second kappa shape index (κ2) is 12.8. The van der Waals surface area contributed by atoms with Gasteiger partial charge in [0.05, 0.1) is 5.69 Å². The summed E-state index contributed by atoms with van der Waals surface area (Å²) in [6.07, 6.45) is 2.16. The summed E-state index contributed by atoms with van der Waals surface area (Å²) >= 11 is 0. The highest BCUT2D eigenvalue weighted by Crippen LogP contribution is 2.56. The van der Waals surface area contributed by atoms with Gasteiger partial charge in [-0.15, -0.1) is 0 Å². The van der Waals surface area contributed by atoms with E-state index in [9.17, 15) is 0 Å². The van der Waals surface area contributed by atoms with E-state index in [0.29, 0.717) is 0 Å². The number of fused-ring (bicyclic) bond motifs is 10. The van der Waals surface area contributed by atoms with Gasteiger partial charge in [0, 0.05) is 62.5 Å². The third kappa shape index (κ3) is 5.08. The number of benzene rings is 8. The molecule has 3 heteroatoms. The third-order valence-corrected chi connectivity index (χ3v) is 14.0. The molecule has 2 heterocycles. The Balaban J connectivity index is 1.12. The van der Waals surface area contributed by atoms with E-state index in [4.69, 9.17) is 4.42 Å². The average Bonchev–Trinajstić information content (AvgIpc) is 3.85. The highest BCUT2D eigenvalue weighted by atomic mass is 16.3. The van der Waals surface area contributed by atoms with Crippen LogP contribution in [-0.4, -0.2) is 6.54 Å². The molecule has 12 rings (SSSR count). The molecule has 1 aromatic heterocycles. The zero-order valence-corrected chi connectivity index (χ0v) is 34.6. The van der Waals surface area contributed by atoms with Crippen LogP contribution in [0, 0.1) is 0 Å². The molecule has 0 amide bonds. The molecule has 290 valence electrons. The lowest BCUT2D eigenvalue weighted by Crippen LogP contribution is -2.24. The van der Waals surface area contributed by atoms with Gasteiger partial charge in [-0.1, -0.05) is 125 Å². The molecule has 0 spiro atoms. The zero-order chi connectivity index (χ0) is 40.3. The molecule has 0 unspecified atom stereocenters. The number of rotatable bonds is 5. The first kappa shape index (κ1) is 35.1. The Morgan fingerprint density at radius 1 is 0.483 bits per heavy atom. The summed E-state index contributed by atoms with van der Waals surface area (Å²) in [5.74, 6) is 0. The van der Waals surface area contributed by atoms with Crippen LogP contribution >= 0.6 is 0 Å². The van der Waals surface area contributed by atoms with Gasteiger partial charge in [0.15, 0.2) is 0 Å². The second-order valence-electron chi connectivity index (χ2n) is 18.0. The van der Waals surface area contributed by atoms with Gasteiger partial charge in [-0.05, 0) is 135 Å². The lowest BCUT2D eigenvalue weighted by Gasteiger charge is -2.33. The number of para-hydroxylation sites is 2. The van der Waals surface area contributed by atoms with Crippen molar-refractivity contribution in [1.29, 1.82) is 0 Å². The van der Waals surface area contributed by atoms with Crippen LogP contribution in [0.4, 0.5) is 28.4 Å². The molecule has 3 aliphatic rings. The van der Waals surface area contributed by atoms with Crippen molar-refractivity contribution in [3.05, 3.63) is 198 Å². The molecule has 3 nitrogen and oxygen atoms in total. The van der Waals surface area contributed by atoms with Gasteiger partial charge in [-0.25, -0.2) is 0 Å². The predicted octanol–water partition coefficient (Wildman–Crippen LogP) is 15.4. The monoisotopic (exact) mass is 774 g/mol. The molecule has 9 aromatic rings. The minimum Gasteiger partial charge on any atom is -0.456 e. The van der Waals surface area contributed by atoms with Crippen molar-refractivity contribution in [2.75, 3.05) is 16.3 Å². The number of aryl methyl sites for hydroxylation is 1. The van der Waals surface area contributed by atoms with Gasteiger partial charge in [0.25, 0.3) is 0 Å². The normalized spacial score (nSPS) is 15.4. The van der Waals surface area contributed by atoms with Crippen molar-refractivity contribution in [2.45, 2.75) is 51.4 Å². The van der Waals surface area contributed by atoms with Crippen LogP contribution in [0.2, 0.25) is 0 Å². The van der Waals surface area contributed by atoms with Crippen LogP contribution in [0.1, 0.15) is 61.9 Å². The molecule has 1 aliphatic heterocycles. The smallest absolute Gasteiger partial charge is 0.137 e. The lowest BCUT2D eigenvalue weighted by atomic mass is 9.81. The van der Waals surface area contributed by atoms with Gasteiger partial charge in [0.1, 0.15) is 11.2 Å². The quantitative estimate of drug-likeness (QED) is 0.174. The Morgan fingerprint density at radius 2 is 1.12 bits per heavy atom. The molecule has 0 radical (unpaired) electrons. The van der Waals surface area contributed by atoms with E-state index in [-0.39, 0.29) is 10.8 Å². The average molecular weight is 775 g/mol. The van der Waals surface area contributed by atoms with Gasteiger partial charge < -0.3 is 14.2 Å². The number of anilines is 5. The van der Waals surface area contributed by atoms with E-state index in [0.717, 1.165) is 58.4 Å². The van der Waals surface area contributed by atoms with Crippen molar-refractivity contribution in [3.63, 3.8) is 0 Å². The zero-order valence-electron chi connectivity index (χ0n) is 34.6. The Bertz CT molecular complexity index is 3200. The van der Waals surface area contributed by atoms with E-state index in [1.807, 2.05) is 0 Å². The van der Waals surface area contributed by atoms with Crippen molar-refractivity contribution in [1.82, 2.24) is 0 Å². The first-order valence-electron chi connectivity index (χ1n) is 21.5. The lowest BCUT2D eigenvalue weighted by molar-refractivity contribution is 0.660. The molecular weight excluding hydrogens is 729 g/mol. The van der Waals surface area contributed by atoms with Crippen LogP contribution in [0.25, 0.3) is 55.3 Å². The van der Waals surface area contributed by atoms with Gasteiger partial charge in [-0.3, -0.25) is 0 Å². The summed E-state index contributed by atoms with van der Waals surface area (Å²) in [4.78, 5) is 5.00. The van der Waals surface area contributed by atoms with E-state index in [1.165, 1.54) is 72.6 Å². The maximum atomic E-state index is 6.61. The van der Waals surface area contributed by atoms with Gasteiger partial charge in [-0.2, -0.15) is 0 Å². The fraction of sp³-hybridized carbons (Fsp3) is 0.158. The van der Waals surface area contributed by atoms with Crippen molar-refractivity contribution in [3.8, 4) is 33.4 Å². The molecular formula is C57H46N2O. The molecule has 0 saturated heterocycles. The summed E-state index contributed by atoms with van der Waals surface area (Å²) in [7, 11) is 0. The summed E-state index contributed by atoms with van der Waals surface area (Å²) in [6.45, 7) is 10.5. The molecule has 2 aliphatic carbocycles. The Labute approximate surface area is 352 Å². The predicted molar refractivity (Wildman–Crippen MR) is 251 cm³/mol. The largest absolute Gasteiger partial charge is 0.456 e. The highest BCUT2D eigenvalue weighted by molar-refractivity contribution is 6.06. The van der Waals surface area contributed by atoms with Crippen molar-refractivity contribution >= 4 is 50.4 Å². The van der Waals surface area contributed by atoms with Crippen LogP contribution in [0.5, 0.6) is 0 Å². The minimum atomic E-state index is -0.179. The fourth-order valence-corrected chi connectivity index (χ4v) is 10.9. The van der Waals surface area contributed by atoms with E-state index >= 15 is 0 Å². The van der Waals surface area contributed by atoms with Gasteiger partial charge in [0.2, 0.25) is 0 Å². The number of furan rings is 1. The Kier molecular flexibility index (Phi) is 7.51. The first-order chi connectivity index (χ1) is 29.3. The third-order valence-electron chi connectivity index (χ3n) is 14.0. The van der Waals surface area contributed by atoms with Gasteiger partial charge >= 0.3 is 0 Å². The fourth-order valence-electron chi connectivity index (χ4n) is 10.9. The number of nitrogens with zero attached hydrogens (tertiary/aromatic N) is 2. The SMILES string of the molecule is CC1(C)c2ccccc2-c2ccc(N(c3ccc4c(c3)oc3ccccc34)c3cc4c(cc3-c3ccc5c(c3)CCCN5c3ccccc3)-c3ccccc3C4(C)C)cc21. The van der Waals surface area contributed by atoms with E-state index < -0.39 is 0 Å². The maximum Gasteiger partial charge on any atom is 0.137 e. The summed E-state index contributed by atoms with van der Waals surface area (Å²) < 4.78 is 6.61. The first-order valence-corrected chi connectivity index (χ1v) is 21.5. The highest BCUT2D eigenvalue weighted by Gasteiger charge is 2.39. The van der Waals surface area contributed by atoms with Crippen molar-refractivity contribution in [2.24, 2.45) is 0 Å². The van der Waals surface area contributed by atoms with E-state index in [1.54, 1.807) is 0 Å².